The van der Waals surface area contributed by atoms with Crippen LogP contribution in [0.15, 0.2) is 28.7 Å². The molecule has 0 radical (unpaired) electrons. The van der Waals surface area contributed by atoms with Gasteiger partial charge in [-0.1, -0.05) is 37.6 Å². The van der Waals surface area contributed by atoms with E-state index in [4.69, 9.17) is 21.8 Å². The lowest BCUT2D eigenvalue weighted by Crippen LogP contribution is -2.26. The standard InChI is InChI=1S/C15H21ClN2O/c1-3-18(4-2)9-8-13(17)14-10-11-6-5-7-12(16)15(11)19-14/h5-7,10,13H,3-4,8-9,17H2,1-2H3. The first kappa shape index (κ1) is 14.4. The average molecular weight is 281 g/mol. The summed E-state index contributed by atoms with van der Waals surface area (Å²) in [6.45, 7) is 7.41. The number of benzene rings is 1. The van der Waals surface area contributed by atoms with Gasteiger partial charge >= 0.3 is 0 Å². The molecule has 2 aromatic rings. The molecule has 0 amide bonds. The molecule has 0 fully saturated rings. The van der Waals surface area contributed by atoms with Gasteiger partial charge in [0.05, 0.1) is 11.1 Å². The van der Waals surface area contributed by atoms with Crippen LogP contribution in [0.25, 0.3) is 11.0 Å². The molecule has 104 valence electrons. The summed E-state index contributed by atoms with van der Waals surface area (Å²) in [6, 6.07) is 7.66. The van der Waals surface area contributed by atoms with Crippen LogP contribution in [-0.2, 0) is 0 Å². The summed E-state index contributed by atoms with van der Waals surface area (Å²) in [7, 11) is 0. The number of hydrogen-bond donors (Lipinski definition) is 1. The van der Waals surface area contributed by atoms with Crippen LogP contribution < -0.4 is 5.73 Å². The summed E-state index contributed by atoms with van der Waals surface area (Å²) in [4.78, 5) is 2.36. The number of para-hydroxylation sites is 1. The van der Waals surface area contributed by atoms with Crippen LogP contribution in [0.1, 0.15) is 32.1 Å². The van der Waals surface area contributed by atoms with Gasteiger partial charge in [-0.3, -0.25) is 0 Å². The van der Waals surface area contributed by atoms with Crippen LogP contribution in [0, 0.1) is 0 Å². The predicted molar refractivity (Wildman–Crippen MR) is 80.6 cm³/mol. The van der Waals surface area contributed by atoms with Gasteiger partial charge in [0.2, 0.25) is 0 Å². The first-order chi connectivity index (χ1) is 9.15. The number of rotatable bonds is 6. The Morgan fingerprint density at radius 2 is 2.05 bits per heavy atom. The molecule has 19 heavy (non-hydrogen) atoms. The van der Waals surface area contributed by atoms with E-state index in [-0.39, 0.29) is 6.04 Å². The third kappa shape index (κ3) is 3.30. The highest BCUT2D eigenvalue weighted by molar-refractivity contribution is 6.34. The Hall–Kier alpha value is -1.03. The van der Waals surface area contributed by atoms with E-state index in [1.54, 1.807) is 0 Å². The molecule has 0 saturated heterocycles. The van der Waals surface area contributed by atoms with E-state index < -0.39 is 0 Å². The molecule has 1 atom stereocenters. The molecule has 1 aromatic carbocycles. The summed E-state index contributed by atoms with van der Waals surface area (Å²) in [5.74, 6) is 0.815. The van der Waals surface area contributed by atoms with Crippen molar-refractivity contribution in [1.82, 2.24) is 4.90 Å². The van der Waals surface area contributed by atoms with Gasteiger partial charge in [-0.15, -0.1) is 0 Å². The Kier molecular flexibility index (Phi) is 4.86. The maximum atomic E-state index is 6.20. The molecular weight excluding hydrogens is 260 g/mol. The molecule has 1 aromatic heterocycles. The van der Waals surface area contributed by atoms with E-state index in [1.807, 2.05) is 24.3 Å². The summed E-state index contributed by atoms with van der Waals surface area (Å²) in [5, 5.41) is 1.65. The second-order valence-corrected chi connectivity index (χ2v) is 5.14. The fraction of sp³-hybridized carbons (Fsp3) is 0.467. The van der Waals surface area contributed by atoms with Gasteiger partial charge in [0.25, 0.3) is 0 Å². The molecule has 2 N–H and O–H groups in total. The largest absolute Gasteiger partial charge is 0.458 e. The lowest BCUT2D eigenvalue weighted by atomic mass is 10.1. The van der Waals surface area contributed by atoms with Crippen molar-refractivity contribution in [1.29, 1.82) is 0 Å². The van der Waals surface area contributed by atoms with Crippen molar-refractivity contribution in [2.45, 2.75) is 26.3 Å². The van der Waals surface area contributed by atoms with Crippen molar-refractivity contribution >= 4 is 22.6 Å². The van der Waals surface area contributed by atoms with Crippen molar-refractivity contribution < 1.29 is 4.42 Å². The van der Waals surface area contributed by atoms with E-state index >= 15 is 0 Å². The normalized spacial score (nSPS) is 13.3. The van der Waals surface area contributed by atoms with Gasteiger partial charge in [-0.25, -0.2) is 0 Å². The second kappa shape index (κ2) is 6.42. The molecular formula is C15H21ClN2O. The average Bonchev–Trinajstić information content (AvgIpc) is 2.85. The molecule has 4 heteroatoms. The maximum absolute atomic E-state index is 6.20. The Bertz CT molecular complexity index is 534. The number of halogens is 1. The van der Waals surface area contributed by atoms with E-state index in [1.165, 1.54) is 0 Å². The summed E-state index contributed by atoms with van der Waals surface area (Å²) >= 11 is 6.10. The minimum Gasteiger partial charge on any atom is -0.458 e. The highest BCUT2D eigenvalue weighted by Crippen LogP contribution is 2.29. The van der Waals surface area contributed by atoms with Crippen LogP contribution in [0.5, 0.6) is 0 Å². The van der Waals surface area contributed by atoms with Crippen LogP contribution in [-0.4, -0.2) is 24.5 Å². The van der Waals surface area contributed by atoms with Gasteiger partial charge in [0.1, 0.15) is 5.76 Å². The summed E-state index contributed by atoms with van der Waals surface area (Å²) in [5.41, 5.74) is 6.94. The SMILES string of the molecule is CCN(CC)CCC(N)c1cc2cccc(Cl)c2o1. The van der Waals surface area contributed by atoms with Crippen molar-refractivity contribution in [3.63, 3.8) is 0 Å². The number of fused-ring (bicyclic) bond motifs is 1. The Morgan fingerprint density at radius 1 is 1.32 bits per heavy atom. The lowest BCUT2D eigenvalue weighted by molar-refractivity contribution is 0.285. The molecule has 1 heterocycles. The zero-order valence-corrected chi connectivity index (χ0v) is 12.3. The second-order valence-electron chi connectivity index (χ2n) is 4.73. The maximum Gasteiger partial charge on any atom is 0.152 e. The van der Waals surface area contributed by atoms with Gasteiger partial charge < -0.3 is 15.1 Å². The molecule has 0 aliphatic carbocycles. The number of nitrogens with zero attached hydrogens (tertiary/aromatic N) is 1. The molecule has 0 aliphatic heterocycles. The molecule has 0 saturated carbocycles. The van der Waals surface area contributed by atoms with E-state index in [0.29, 0.717) is 5.02 Å². The molecule has 3 nitrogen and oxygen atoms in total. The van der Waals surface area contributed by atoms with Gasteiger partial charge in [0.15, 0.2) is 5.58 Å². The minimum atomic E-state index is -0.0796. The predicted octanol–water partition coefficient (Wildman–Crippen LogP) is 3.82. The third-order valence-electron chi connectivity index (χ3n) is 3.53. The van der Waals surface area contributed by atoms with E-state index in [0.717, 1.165) is 42.8 Å². The lowest BCUT2D eigenvalue weighted by Gasteiger charge is -2.19. The molecule has 0 bridgehead atoms. The molecule has 1 unspecified atom stereocenters. The van der Waals surface area contributed by atoms with Crippen LogP contribution in [0.3, 0.4) is 0 Å². The van der Waals surface area contributed by atoms with Crippen molar-refractivity contribution in [3.05, 3.63) is 35.0 Å². The summed E-state index contributed by atoms with van der Waals surface area (Å²) < 4.78 is 5.78. The molecule has 2 rings (SSSR count). The smallest absolute Gasteiger partial charge is 0.152 e. The summed E-state index contributed by atoms with van der Waals surface area (Å²) in [6.07, 6.45) is 0.888. The van der Waals surface area contributed by atoms with E-state index in [2.05, 4.69) is 18.7 Å². The van der Waals surface area contributed by atoms with Crippen molar-refractivity contribution in [3.8, 4) is 0 Å². The fourth-order valence-corrected chi connectivity index (χ4v) is 2.45. The van der Waals surface area contributed by atoms with Crippen molar-refractivity contribution in [2.75, 3.05) is 19.6 Å². The Labute approximate surface area is 119 Å². The van der Waals surface area contributed by atoms with Gasteiger partial charge in [-0.05, 0) is 31.6 Å². The first-order valence-corrected chi connectivity index (χ1v) is 7.19. The first-order valence-electron chi connectivity index (χ1n) is 6.81. The Morgan fingerprint density at radius 3 is 2.68 bits per heavy atom. The number of hydrogen-bond acceptors (Lipinski definition) is 3. The van der Waals surface area contributed by atoms with Crippen LogP contribution in [0.2, 0.25) is 5.02 Å². The zero-order valence-electron chi connectivity index (χ0n) is 11.5. The van der Waals surface area contributed by atoms with Crippen LogP contribution >= 0.6 is 11.6 Å². The molecule has 0 spiro atoms. The zero-order chi connectivity index (χ0) is 13.8. The number of furan rings is 1. The van der Waals surface area contributed by atoms with Gasteiger partial charge in [0, 0.05) is 11.9 Å². The van der Waals surface area contributed by atoms with Gasteiger partial charge in [-0.2, -0.15) is 0 Å². The number of nitrogens with two attached hydrogens (primary N) is 1. The highest BCUT2D eigenvalue weighted by Gasteiger charge is 2.14. The topological polar surface area (TPSA) is 42.4 Å². The quantitative estimate of drug-likeness (QED) is 0.875. The van der Waals surface area contributed by atoms with E-state index in [9.17, 15) is 0 Å². The monoisotopic (exact) mass is 280 g/mol. The minimum absolute atomic E-state index is 0.0796. The fourth-order valence-electron chi connectivity index (χ4n) is 2.23. The Balaban J connectivity index is 2.09. The van der Waals surface area contributed by atoms with Crippen molar-refractivity contribution in [2.24, 2.45) is 5.73 Å². The highest BCUT2D eigenvalue weighted by atomic mass is 35.5. The molecule has 0 aliphatic rings. The van der Waals surface area contributed by atoms with Crippen LogP contribution in [0.4, 0.5) is 0 Å². The third-order valence-corrected chi connectivity index (χ3v) is 3.83.